The lowest BCUT2D eigenvalue weighted by atomic mass is 10.2. The molecule has 1 N–H and O–H groups in total. The smallest absolute Gasteiger partial charge is 0.296 e. The minimum Gasteiger partial charge on any atom is -0.496 e. The summed E-state index contributed by atoms with van der Waals surface area (Å²) in [6.07, 6.45) is 0. The first-order valence-corrected chi connectivity index (χ1v) is 8.94. The molecule has 0 aliphatic carbocycles. The van der Waals surface area contributed by atoms with Gasteiger partial charge in [0.15, 0.2) is 5.76 Å². The quantitative estimate of drug-likeness (QED) is 0.396. The summed E-state index contributed by atoms with van der Waals surface area (Å²) in [6, 6.07) is 12.0. The Kier molecular flexibility index (Phi) is 6.26. The van der Waals surface area contributed by atoms with Crippen LogP contribution in [0.5, 0.6) is 11.5 Å². The van der Waals surface area contributed by atoms with Crippen LogP contribution < -0.4 is 14.8 Å². The molecule has 0 aliphatic heterocycles. The summed E-state index contributed by atoms with van der Waals surface area (Å²) in [5.74, 6) is 0.342. The molecule has 29 heavy (non-hydrogen) atoms. The highest BCUT2D eigenvalue weighted by atomic mass is 35.5. The normalized spacial score (nSPS) is 10.4. The Morgan fingerprint density at radius 2 is 2.00 bits per heavy atom. The Balaban J connectivity index is 1.70. The zero-order chi connectivity index (χ0) is 21.0. The topological polar surface area (TPSA) is 104 Å². The van der Waals surface area contributed by atoms with Crippen LogP contribution in [0, 0.1) is 10.1 Å². The fourth-order valence-electron chi connectivity index (χ4n) is 2.40. The molecule has 2 aromatic carbocycles. The van der Waals surface area contributed by atoms with Gasteiger partial charge in [0.2, 0.25) is 0 Å². The van der Waals surface area contributed by atoms with Gasteiger partial charge in [-0.25, -0.2) is 0 Å². The van der Waals surface area contributed by atoms with Gasteiger partial charge in [0.05, 0.1) is 23.1 Å². The van der Waals surface area contributed by atoms with Crippen LogP contribution >= 0.6 is 23.2 Å². The van der Waals surface area contributed by atoms with Gasteiger partial charge in [-0.1, -0.05) is 29.3 Å². The molecule has 10 heteroatoms. The molecule has 1 heterocycles. The monoisotopic (exact) mass is 436 g/mol. The van der Waals surface area contributed by atoms with Gasteiger partial charge in [-0.15, -0.1) is 0 Å². The van der Waals surface area contributed by atoms with Crippen molar-refractivity contribution in [3.8, 4) is 11.5 Å². The van der Waals surface area contributed by atoms with Gasteiger partial charge in [-0.3, -0.25) is 14.9 Å². The molecule has 0 unspecified atom stereocenters. The Morgan fingerprint density at radius 3 is 2.72 bits per heavy atom. The fourth-order valence-corrected chi connectivity index (χ4v) is 2.75. The molecule has 3 rings (SSSR count). The molecule has 0 saturated heterocycles. The first-order chi connectivity index (χ1) is 13.9. The number of benzene rings is 2. The summed E-state index contributed by atoms with van der Waals surface area (Å²) < 4.78 is 16.0. The molecule has 0 radical (unpaired) electrons. The molecule has 3 aromatic rings. The van der Waals surface area contributed by atoms with E-state index in [-0.39, 0.29) is 28.8 Å². The van der Waals surface area contributed by atoms with E-state index >= 15 is 0 Å². The van der Waals surface area contributed by atoms with Gasteiger partial charge in [0.25, 0.3) is 11.6 Å². The number of carbonyl (C=O) groups is 1. The van der Waals surface area contributed by atoms with Gasteiger partial charge in [0.1, 0.15) is 34.6 Å². The van der Waals surface area contributed by atoms with E-state index in [0.717, 1.165) is 0 Å². The number of nitrogens with zero attached hydrogens (tertiary/aromatic N) is 1. The molecule has 1 aromatic heterocycles. The molecule has 0 aliphatic rings. The van der Waals surface area contributed by atoms with E-state index in [1.165, 1.54) is 31.4 Å². The van der Waals surface area contributed by atoms with Crippen molar-refractivity contribution in [2.24, 2.45) is 0 Å². The lowest BCUT2D eigenvalue weighted by Crippen LogP contribution is -2.12. The molecule has 8 nitrogen and oxygen atoms in total. The lowest BCUT2D eigenvalue weighted by molar-refractivity contribution is -0.384. The predicted molar refractivity (Wildman–Crippen MR) is 107 cm³/mol. The van der Waals surface area contributed by atoms with E-state index in [1.54, 1.807) is 24.3 Å². The first kappa shape index (κ1) is 20.5. The second-order valence-electron chi connectivity index (χ2n) is 5.70. The summed E-state index contributed by atoms with van der Waals surface area (Å²) in [4.78, 5) is 23.0. The van der Waals surface area contributed by atoms with Crippen molar-refractivity contribution in [3.05, 3.63) is 80.2 Å². The Bertz CT molecular complexity index is 1070. The highest BCUT2D eigenvalue weighted by Gasteiger charge is 2.20. The number of halogens is 2. The Labute approximate surface area is 175 Å². The van der Waals surface area contributed by atoms with Crippen molar-refractivity contribution in [1.82, 2.24) is 0 Å². The van der Waals surface area contributed by atoms with Gasteiger partial charge in [-0.2, -0.15) is 0 Å². The van der Waals surface area contributed by atoms with E-state index in [0.29, 0.717) is 22.3 Å². The van der Waals surface area contributed by atoms with Crippen LogP contribution in [0.4, 0.5) is 11.4 Å². The van der Waals surface area contributed by atoms with Crippen molar-refractivity contribution in [2.75, 3.05) is 12.4 Å². The predicted octanol–water partition coefficient (Wildman–Crippen LogP) is 5.33. The van der Waals surface area contributed by atoms with Crippen molar-refractivity contribution in [2.45, 2.75) is 6.61 Å². The van der Waals surface area contributed by atoms with Gasteiger partial charge >= 0.3 is 0 Å². The summed E-state index contributed by atoms with van der Waals surface area (Å²) >= 11 is 12.0. The molecule has 150 valence electrons. The van der Waals surface area contributed by atoms with Crippen molar-refractivity contribution >= 4 is 40.5 Å². The molecule has 1 amide bonds. The van der Waals surface area contributed by atoms with Gasteiger partial charge in [-0.05, 0) is 36.4 Å². The second-order valence-corrected chi connectivity index (χ2v) is 6.49. The number of carbonyl (C=O) groups excluding carboxylic acids is 1. The number of hydrogen-bond donors (Lipinski definition) is 1. The molecule has 0 spiro atoms. The first-order valence-electron chi connectivity index (χ1n) is 8.18. The van der Waals surface area contributed by atoms with Crippen LogP contribution in [-0.2, 0) is 6.61 Å². The van der Waals surface area contributed by atoms with Gasteiger partial charge in [0, 0.05) is 0 Å². The lowest BCUT2D eigenvalue weighted by Gasteiger charge is -2.07. The molecule has 0 bridgehead atoms. The number of nitro benzene ring substituents is 1. The molecular formula is C19H14Cl2N2O6. The molecule has 0 saturated carbocycles. The number of rotatable bonds is 7. The third kappa shape index (κ3) is 4.79. The van der Waals surface area contributed by atoms with Gasteiger partial charge < -0.3 is 19.2 Å². The Hall–Kier alpha value is -3.23. The van der Waals surface area contributed by atoms with Crippen LogP contribution in [0.1, 0.15) is 16.3 Å². The van der Waals surface area contributed by atoms with E-state index < -0.39 is 10.8 Å². The third-order valence-corrected chi connectivity index (χ3v) is 4.62. The Morgan fingerprint density at radius 1 is 1.21 bits per heavy atom. The number of amides is 1. The van der Waals surface area contributed by atoms with Crippen LogP contribution in [-0.4, -0.2) is 17.9 Å². The zero-order valence-corrected chi connectivity index (χ0v) is 16.5. The van der Waals surface area contributed by atoms with E-state index in [1.807, 2.05) is 0 Å². The van der Waals surface area contributed by atoms with E-state index in [4.69, 9.17) is 37.1 Å². The number of furan rings is 1. The van der Waals surface area contributed by atoms with E-state index in [9.17, 15) is 14.9 Å². The van der Waals surface area contributed by atoms with Crippen LogP contribution in [0.25, 0.3) is 0 Å². The average Bonchev–Trinajstić information content (AvgIpc) is 3.18. The number of nitro groups is 1. The SMILES string of the molecule is COc1ccc(NC(=O)c2ccc(COc3cccc(Cl)c3Cl)o2)c([N+](=O)[O-])c1. The summed E-state index contributed by atoms with van der Waals surface area (Å²) in [5.41, 5.74) is -0.288. The molecule has 0 fully saturated rings. The van der Waals surface area contributed by atoms with Crippen molar-refractivity contribution in [3.63, 3.8) is 0 Å². The average molecular weight is 437 g/mol. The number of ether oxygens (including phenoxy) is 2. The number of anilines is 1. The largest absolute Gasteiger partial charge is 0.496 e. The van der Waals surface area contributed by atoms with Crippen LogP contribution in [0.2, 0.25) is 10.0 Å². The van der Waals surface area contributed by atoms with Crippen molar-refractivity contribution in [1.29, 1.82) is 0 Å². The highest BCUT2D eigenvalue weighted by molar-refractivity contribution is 6.42. The molecule has 0 atom stereocenters. The number of methoxy groups -OCH3 is 1. The number of hydrogen-bond acceptors (Lipinski definition) is 6. The maximum Gasteiger partial charge on any atom is 0.296 e. The van der Waals surface area contributed by atoms with E-state index in [2.05, 4.69) is 5.32 Å². The zero-order valence-electron chi connectivity index (χ0n) is 15.0. The second kappa shape index (κ2) is 8.85. The van der Waals surface area contributed by atoms with Crippen molar-refractivity contribution < 1.29 is 23.6 Å². The minimum absolute atomic E-state index is 0.00995. The molecular weight excluding hydrogens is 423 g/mol. The van der Waals surface area contributed by atoms with Crippen LogP contribution in [0.3, 0.4) is 0 Å². The third-order valence-electron chi connectivity index (χ3n) is 3.82. The number of nitrogens with one attached hydrogen (secondary N) is 1. The summed E-state index contributed by atoms with van der Waals surface area (Å²) in [5, 5.41) is 14.3. The summed E-state index contributed by atoms with van der Waals surface area (Å²) in [6.45, 7) is 0.00995. The summed E-state index contributed by atoms with van der Waals surface area (Å²) in [7, 11) is 1.39. The maximum atomic E-state index is 12.4. The maximum absolute atomic E-state index is 12.4. The van der Waals surface area contributed by atoms with Crippen LogP contribution in [0.15, 0.2) is 52.9 Å². The minimum atomic E-state index is -0.648. The highest BCUT2D eigenvalue weighted by Crippen LogP contribution is 2.32. The fraction of sp³-hybridized carbons (Fsp3) is 0.105. The standard InChI is InChI=1S/C19H14Cl2N2O6/c1-27-11-5-7-14(15(9-11)23(25)26)22-19(24)17-8-6-12(29-17)10-28-16-4-2-3-13(20)18(16)21/h2-9H,10H2,1H3,(H,22,24).